The van der Waals surface area contributed by atoms with E-state index in [0.29, 0.717) is 11.3 Å². The van der Waals surface area contributed by atoms with Gasteiger partial charge >= 0.3 is 5.97 Å². The van der Waals surface area contributed by atoms with Crippen LogP contribution in [-0.4, -0.2) is 25.6 Å². The van der Waals surface area contributed by atoms with Crippen LogP contribution in [0.3, 0.4) is 0 Å². The normalized spacial score (nSPS) is 10.7. The molecule has 0 aliphatic rings. The van der Waals surface area contributed by atoms with Crippen molar-refractivity contribution in [2.24, 2.45) is 0 Å². The van der Waals surface area contributed by atoms with Crippen LogP contribution in [0.25, 0.3) is 6.08 Å². The van der Waals surface area contributed by atoms with Crippen LogP contribution in [0.15, 0.2) is 72.9 Å². The first kappa shape index (κ1) is 18.0. The zero-order valence-corrected chi connectivity index (χ0v) is 13.9. The summed E-state index contributed by atoms with van der Waals surface area (Å²) in [5.74, 6) is -0.694. The van der Waals surface area contributed by atoms with Gasteiger partial charge in [0, 0.05) is 0 Å². The molecule has 25 heavy (non-hydrogen) atoms. The van der Waals surface area contributed by atoms with Gasteiger partial charge in [-0.15, -0.1) is 0 Å². The second-order valence-electron chi connectivity index (χ2n) is 5.01. The molecule has 5 nitrogen and oxygen atoms in total. The molecule has 5 heteroatoms. The second-order valence-corrected chi connectivity index (χ2v) is 5.01. The third kappa shape index (κ3) is 5.07. The van der Waals surface area contributed by atoms with E-state index < -0.39 is 11.9 Å². The maximum absolute atomic E-state index is 12.5. The van der Waals surface area contributed by atoms with Crippen molar-refractivity contribution in [2.45, 2.75) is 0 Å². The highest BCUT2D eigenvalue weighted by Gasteiger charge is 2.18. The number of methoxy groups -OCH3 is 1. The fourth-order valence-corrected chi connectivity index (χ4v) is 2.10. The number of hydrogen-bond acceptors (Lipinski definition) is 4. The van der Waals surface area contributed by atoms with Crippen LogP contribution < -0.4 is 10.1 Å². The summed E-state index contributed by atoms with van der Waals surface area (Å²) < 4.78 is 10.2. The monoisotopic (exact) mass is 337 g/mol. The third-order valence-corrected chi connectivity index (χ3v) is 3.26. The van der Waals surface area contributed by atoms with Crippen molar-refractivity contribution in [1.82, 2.24) is 5.32 Å². The largest absolute Gasteiger partial charge is 0.496 e. The predicted octanol–water partition coefficient (Wildman–Crippen LogP) is 3.20. The molecule has 128 valence electrons. The summed E-state index contributed by atoms with van der Waals surface area (Å²) in [7, 11) is 1.48. The Balaban J connectivity index is 2.29. The highest BCUT2D eigenvalue weighted by Crippen LogP contribution is 2.18. The van der Waals surface area contributed by atoms with Crippen LogP contribution >= 0.6 is 0 Å². The zero-order valence-electron chi connectivity index (χ0n) is 13.9. The van der Waals surface area contributed by atoms with E-state index in [-0.39, 0.29) is 12.3 Å². The zero-order chi connectivity index (χ0) is 18.1. The molecule has 0 aliphatic heterocycles. The average molecular weight is 337 g/mol. The van der Waals surface area contributed by atoms with Crippen molar-refractivity contribution in [3.63, 3.8) is 0 Å². The van der Waals surface area contributed by atoms with Crippen molar-refractivity contribution < 1.29 is 19.1 Å². The molecule has 0 aromatic heterocycles. The highest BCUT2D eigenvalue weighted by atomic mass is 16.5. The topological polar surface area (TPSA) is 64.6 Å². The Bertz CT molecular complexity index is 781. The van der Waals surface area contributed by atoms with Gasteiger partial charge in [0.2, 0.25) is 0 Å². The summed E-state index contributed by atoms with van der Waals surface area (Å²) in [5, 5.41) is 2.60. The number of ether oxygens (including phenoxy) is 2. The van der Waals surface area contributed by atoms with Gasteiger partial charge in [-0.2, -0.15) is 0 Å². The van der Waals surface area contributed by atoms with Crippen LogP contribution in [0.1, 0.15) is 15.9 Å². The standard InChI is InChI=1S/C20H19NO4/c1-3-13-25-20(23)17(14-15-9-5-4-6-10-15)21-19(22)16-11-7-8-12-18(16)24-2/h3-12,14H,1,13H2,2H3,(H,21,22)/b17-14+. The number of benzene rings is 2. The summed E-state index contributed by atoms with van der Waals surface area (Å²) in [6.45, 7) is 3.56. The lowest BCUT2D eigenvalue weighted by atomic mass is 10.1. The number of carbonyl (C=O) groups excluding carboxylic acids is 2. The second kappa shape index (κ2) is 9.08. The molecule has 0 saturated carbocycles. The van der Waals surface area contributed by atoms with Crippen LogP contribution in [0.2, 0.25) is 0 Å². The molecule has 0 unspecified atom stereocenters. The molecule has 0 spiro atoms. The fraction of sp³-hybridized carbons (Fsp3) is 0.100. The SMILES string of the molecule is C=CCOC(=O)/C(=C\c1ccccc1)NC(=O)c1ccccc1OC. The summed E-state index contributed by atoms with van der Waals surface area (Å²) >= 11 is 0. The number of nitrogens with one attached hydrogen (secondary N) is 1. The van der Waals surface area contributed by atoms with Crippen LogP contribution in [0, 0.1) is 0 Å². The maximum Gasteiger partial charge on any atom is 0.355 e. The van der Waals surface area contributed by atoms with E-state index in [2.05, 4.69) is 11.9 Å². The summed E-state index contributed by atoms with van der Waals surface area (Å²) in [5.41, 5.74) is 1.11. The van der Waals surface area contributed by atoms with Crippen molar-refractivity contribution in [3.05, 3.63) is 84.1 Å². The van der Waals surface area contributed by atoms with Crippen LogP contribution in [0.5, 0.6) is 5.75 Å². The first-order chi connectivity index (χ1) is 12.2. The lowest BCUT2D eigenvalue weighted by Crippen LogP contribution is -2.29. The Morgan fingerprint density at radius 2 is 1.76 bits per heavy atom. The lowest BCUT2D eigenvalue weighted by molar-refractivity contribution is -0.138. The summed E-state index contributed by atoms with van der Waals surface area (Å²) in [6, 6.07) is 15.9. The number of rotatable bonds is 7. The lowest BCUT2D eigenvalue weighted by Gasteiger charge is -2.11. The fourth-order valence-electron chi connectivity index (χ4n) is 2.10. The van der Waals surface area contributed by atoms with Gasteiger partial charge in [0.05, 0.1) is 12.7 Å². The minimum Gasteiger partial charge on any atom is -0.496 e. The van der Waals surface area contributed by atoms with E-state index in [0.717, 1.165) is 5.56 Å². The molecule has 0 aliphatic carbocycles. The minimum atomic E-state index is -0.646. The quantitative estimate of drug-likeness (QED) is 0.479. The molecular weight excluding hydrogens is 318 g/mol. The molecule has 0 fully saturated rings. The number of para-hydroxylation sites is 1. The molecule has 2 rings (SSSR count). The van der Waals surface area contributed by atoms with Gasteiger partial charge in [0.1, 0.15) is 18.1 Å². The van der Waals surface area contributed by atoms with Crippen molar-refractivity contribution >= 4 is 18.0 Å². The Labute approximate surface area is 146 Å². The van der Waals surface area contributed by atoms with Crippen molar-refractivity contribution in [2.75, 3.05) is 13.7 Å². The molecule has 0 atom stereocenters. The van der Waals surface area contributed by atoms with E-state index in [1.807, 2.05) is 30.3 Å². The number of esters is 1. The Morgan fingerprint density at radius 3 is 2.44 bits per heavy atom. The first-order valence-corrected chi connectivity index (χ1v) is 7.65. The van der Waals surface area contributed by atoms with E-state index in [4.69, 9.17) is 9.47 Å². The molecular formula is C20H19NO4. The van der Waals surface area contributed by atoms with E-state index in [1.54, 1.807) is 30.3 Å². The van der Waals surface area contributed by atoms with E-state index in [9.17, 15) is 9.59 Å². The number of hydrogen-bond donors (Lipinski definition) is 1. The number of carbonyl (C=O) groups is 2. The summed E-state index contributed by atoms with van der Waals surface area (Å²) in [6.07, 6.45) is 3.01. The van der Waals surface area contributed by atoms with Gasteiger partial charge in [-0.1, -0.05) is 55.1 Å². The van der Waals surface area contributed by atoms with E-state index in [1.165, 1.54) is 13.2 Å². The maximum atomic E-state index is 12.5. The molecule has 2 aromatic carbocycles. The van der Waals surface area contributed by atoms with E-state index >= 15 is 0 Å². The van der Waals surface area contributed by atoms with Crippen LogP contribution in [0.4, 0.5) is 0 Å². The van der Waals surface area contributed by atoms with Gasteiger partial charge in [-0.3, -0.25) is 4.79 Å². The highest BCUT2D eigenvalue weighted by molar-refractivity contribution is 6.04. The molecule has 1 N–H and O–H groups in total. The Morgan fingerprint density at radius 1 is 1.08 bits per heavy atom. The molecule has 1 amide bonds. The van der Waals surface area contributed by atoms with Gasteiger partial charge in [-0.25, -0.2) is 4.79 Å². The molecule has 0 saturated heterocycles. The smallest absolute Gasteiger partial charge is 0.355 e. The minimum absolute atomic E-state index is 0.0314. The molecule has 0 radical (unpaired) electrons. The van der Waals surface area contributed by atoms with Gasteiger partial charge in [0.15, 0.2) is 0 Å². The third-order valence-electron chi connectivity index (χ3n) is 3.26. The van der Waals surface area contributed by atoms with Gasteiger partial charge in [-0.05, 0) is 23.8 Å². The Kier molecular flexibility index (Phi) is 6.54. The average Bonchev–Trinajstić information content (AvgIpc) is 2.66. The molecule has 2 aromatic rings. The molecule has 0 bridgehead atoms. The van der Waals surface area contributed by atoms with Crippen LogP contribution in [-0.2, 0) is 9.53 Å². The predicted molar refractivity (Wildman–Crippen MR) is 96.0 cm³/mol. The van der Waals surface area contributed by atoms with Crippen molar-refractivity contribution in [3.8, 4) is 5.75 Å². The number of amides is 1. The molecule has 0 heterocycles. The Hall–Kier alpha value is -3.34. The van der Waals surface area contributed by atoms with Gasteiger partial charge < -0.3 is 14.8 Å². The summed E-state index contributed by atoms with van der Waals surface area (Å²) in [4.78, 5) is 24.8. The van der Waals surface area contributed by atoms with Gasteiger partial charge in [0.25, 0.3) is 5.91 Å². The van der Waals surface area contributed by atoms with Crippen molar-refractivity contribution in [1.29, 1.82) is 0 Å². The first-order valence-electron chi connectivity index (χ1n) is 7.65.